The van der Waals surface area contributed by atoms with Gasteiger partial charge in [-0.05, 0) is 45.7 Å². The van der Waals surface area contributed by atoms with E-state index >= 15 is 0 Å². The first kappa shape index (κ1) is 19.9. The largest absolute Gasteiger partial charge is 0.465 e. The van der Waals surface area contributed by atoms with Crippen molar-refractivity contribution in [2.75, 3.05) is 14.2 Å². The van der Waals surface area contributed by atoms with Crippen molar-refractivity contribution in [3.8, 4) is 0 Å². The Morgan fingerprint density at radius 1 is 1.12 bits per heavy atom. The predicted molar refractivity (Wildman–Crippen MR) is 92.2 cm³/mol. The van der Waals surface area contributed by atoms with Crippen LogP contribution < -0.4 is 5.49 Å². The molecule has 0 aliphatic rings. The Balaban J connectivity index is 4.02. The Bertz CT molecular complexity index is 672. The molecule has 0 N–H and O–H groups in total. The molecule has 0 unspecified atom stereocenters. The van der Waals surface area contributed by atoms with Gasteiger partial charge in [-0.25, -0.2) is 9.59 Å². The Kier molecular flexibility index (Phi) is 7.19. The molecule has 0 saturated carbocycles. The van der Waals surface area contributed by atoms with Gasteiger partial charge in [-0.2, -0.15) is 0 Å². The Morgan fingerprint density at radius 2 is 1.71 bits per heavy atom. The molecule has 0 amide bonds. The van der Waals surface area contributed by atoms with Crippen LogP contribution in [0.1, 0.15) is 73.5 Å². The second-order valence-electron chi connectivity index (χ2n) is 6.17. The molecule has 1 heterocycles. The van der Waals surface area contributed by atoms with E-state index in [1.54, 1.807) is 4.57 Å². The molecule has 6 nitrogen and oxygen atoms in total. The molecule has 1 aromatic rings. The first-order chi connectivity index (χ1) is 11.3. The smallest absolute Gasteiger partial charge is 0.355 e. The van der Waals surface area contributed by atoms with Gasteiger partial charge in [0, 0.05) is 12.1 Å². The Labute approximate surface area is 143 Å². The van der Waals surface area contributed by atoms with E-state index in [4.69, 9.17) is 9.47 Å². The maximum absolute atomic E-state index is 12.5. The number of ether oxygens (including phenoxy) is 2. The highest BCUT2D eigenvalue weighted by Crippen LogP contribution is 2.20. The number of rotatable bonds is 6. The van der Waals surface area contributed by atoms with Gasteiger partial charge in [0.05, 0.1) is 19.8 Å². The van der Waals surface area contributed by atoms with Crippen molar-refractivity contribution in [1.82, 2.24) is 4.57 Å². The van der Waals surface area contributed by atoms with Gasteiger partial charge >= 0.3 is 11.9 Å². The molecule has 0 fully saturated rings. The third-order valence-corrected chi connectivity index (χ3v) is 3.54. The van der Waals surface area contributed by atoms with Gasteiger partial charge < -0.3 is 14.0 Å². The molecule has 134 valence electrons. The molecule has 0 radical (unpaired) electrons. The zero-order chi connectivity index (χ0) is 18.4. The van der Waals surface area contributed by atoms with Crippen molar-refractivity contribution in [3.63, 3.8) is 0 Å². The summed E-state index contributed by atoms with van der Waals surface area (Å²) >= 11 is 0. The third-order valence-electron chi connectivity index (χ3n) is 3.54. The monoisotopic (exact) mass is 336 g/mol. The zero-order valence-corrected chi connectivity index (χ0v) is 15.7. The van der Waals surface area contributed by atoms with Crippen LogP contribution in [0.5, 0.6) is 0 Å². The lowest BCUT2D eigenvalue weighted by Crippen LogP contribution is -2.33. The topological polar surface area (TPSA) is 69.9 Å². The van der Waals surface area contributed by atoms with Gasteiger partial charge in [-0.3, -0.25) is 4.99 Å². The summed E-state index contributed by atoms with van der Waals surface area (Å²) in [5, 5.41) is 0. The summed E-state index contributed by atoms with van der Waals surface area (Å²) < 4.78 is 11.6. The van der Waals surface area contributed by atoms with Crippen LogP contribution in [0.3, 0.4) is 0 Å². The van der Waals surface area contributed by atoms with E-state index in [0.717, 1.165) is 12.0 Å². The zero-order valence-electron chi connectivity index (χ0n) is 15.7. The minimum absolute atomic E-state index is 0.0546. The lowest BCUT2D eigenvalue weighted by atomic mass is 10.0. The minimum Gasteiger partial charge on any atom is -0.465 e. The van der Waals surface area contributed by atoms with Gasteiger partial charge in [-0.15, -0.1) is 0 Å². The normalized spacial score (nSPS) is 12.0. The van der Waals surface area contributed by atoms with Gasteiger partial charge in [0.1, 0.15) is 11.2 Å². The molecule has 0 aliphatic heterocycles. The molecule has 0 bridgehead atoms. The molecule has 1 rings (SSSR count). The molecule has 1 aromatic heterocycles. The summed E-state index contributed by atoms with van der Waals surface area (Å²) in [6.07, 6.45) is 1.48. The first-order valence-corrected chi connectivity index (χ1v) is 8.27. The lowest BCUT2D eigenvalue weighted by molar-refractivity contribution is 0.0540. The van der Waals surface area contributed by atoms with Crippen molar-refractivity contribution >= 4 is 11.9 Å². The van der Waals surface area contributed by atoms with Crippen LogP contribution in [0.15, 0.2) is 11.1 Å². The van der Waals surface area contributed by atoms with E-state index in [1.807, 2.05) is 40.7 Å². The summed E-state index contributed by atoms with van der Waals surface area (Å²) in [7, 11) is 2.62. The highest BCUT2D eigenvalue weighted by Gasteiger charge is 2.27. The van der Waals surface area contributed by atoms with Gasteiger partial charge in [0.25, 0.3) is 0 Å². The molecule has 0 saturated heterocycles. The summed E-state index contributed by atoms with van der Waals surface area (Å²) in [6, 6.07) is 1.86. The summed E-state index contributed by atoms with van der Waals surface area (Å²) in [5.41, 5.74) is 1.88. The Morgan fingerprint density at radius 3 is 2.12 bits per heavy atom. The number of aromatic nitrogens is 1. The van der Waals surface area contributed by atoms with E-state index in [-0.39, 0.29) is 23.3 Å². The second kappa shape index (κ2) is 8.66. The highest BCUT2D eigenvalue weighted by atomic mass is 16.5. The van der Waals surface area contributed by atoms with Crippen LogP contribution in [0.2, 0.25) is 0 Å². The van der Waals surface area contributed by atoms with E-state index in [1.165, 1.54) is 14.2 Å². The van der Waals surface area contributed by atoms with E-state index in [2.05, 4.69) is 4.99 Å². The highest BCUT2D eigenvalue weighted by molar-refractivity contribution is 6.03. The number of methoxy groups -OCH3 is 2. The third kappa shape index (κ3) is 4.24. The van der Waals surface area contributed by atoms with Gasteiger partial charge in [0.15, 0.2) is 0 Å². The number of pyridine rings is 1. The summed E-state index contributed by atoms with van der Waals surface area (Å²) in [6.45, 7) is 9.83. The number of aryl methyl sites for hydroxylation is 1. The van der Waals surface area contributed by atoms with Crippen LogP contribution >= 0.6 is 0 Å². The minimum atomic E-state index is -0.567. The average molecular weight is 336 g/mol. The SMILES string of the molecule is CCCc1cc(=NC(C)C)n(C(C)C)c(C(=O)OC)c1C(=O)OC. The molecular weight excluding hydrogens is 308 g/mol. The predicted octanol–water partition coefficient (Wildman–Crippen LogP) is 2.90. The molecule has 0 aliphatic carbocycles. The quantitative estimate of drug-likeness (QED) is 0.749. The summed E-state index contributed by atoms with van der Waals surface area (Å²) in [5.74, 6) is -1.10. The number of nitrogens with zero attached hydrogens (tertiary/aromatic N) is 2. The lowest BCUT2D eigenvalue weighted by Gasteiger charge is -2.22. The van der Waals surface area contributed by atoms with Crippen molar-refractivity contribution < 1.29 is 19.1 Å². The molecule has 6 heteroatoms. The van der Waals surface area contributed by atoms with Crippen LogP contribution in [-0.2, 0) is 15.9 Å². The van der Waals surface area contributed by atoms with Gasteiger partial charge in [0.2, 0.25) is 0 Å². The first-order valence-electron chi connectivity index (χ1n) is 8.27. The summed E-state index contributed by atoms with van der Waals surface area (Å²) in [4.78, 5) is 29.5. The van der Waals surface area contributed by atoms with Crippen LogP contribution in [0.25, 0.3) is 0 Å². The number of carbonyl (C=O) groups excluding carboxylic acids is 2. The standard InChI is InChI=1S/C18H28N2O4/c1-8-9-13-10-14(19-11(2)3)20(12(4)5)16(18(22)24-7)15(13)17(21)23-6/h10-12H,8-9H2,1-7H3. The van der Waals surface area contributed by atoms with E-state index in [9.17, 15) is 9.59 Å². The fraction of sp³-hybridized carbons (Fsp3) is 0.611. The van der Waals surface area contributed by atoms with Crippen molar-refractivity contribution in [1.29, 1.82) is 0 Å². The average Bonchev–Trinajstić information content (AvgIpc) is 2.52. The van der Waals surface area contributed by atoms with Crippen molar-refractivity contribution in [2.45, 2.75) is 59.5 Å². The van der Waals surface area contributed by atoms with Crippen molar-refractivity contribution in [3.05, 3.63) is 28.4 Å². The fourth-order valence-corrected chi connectivity index (χ4v) is 2.66. The molecule has 0 spiro atoms. The molecule has 0 atom stereocenters. The van der Waals surface area contributed by atoms with E-state index in [0.29, 0.717) is 11.9 Å². The maximum Gasteiger partial charge on any atom is 0.355 e. The van der Waals surface area contributed by atoms with Crippen LogP contribution in [0.4, 0.5) is 0 Å². The number of hydrogen-bond acceptors (Lipinski definition) is 5. The molecule has 24 heavy (non-hydrogen) atoms. The van der Waals surface area contributed by atoms with Crippen molar-refractivity contribution in [2.24, 2.45) is 4.99 Å². The number of esters is 2. The second-order valence-corrected chi connectivity index (χ2v) is 6.17. The maximum atomic E-state index is 12.5. The van der Waals surface area contributed by atoms with Crippen LogP contribution in [0, 0.1) is 0 Å². The van der Waals surface area contributed by atoms with Gasteiger partial charge in [-0.1, -0.05) is 13.3 Å². The Hall–Kier alpha value is -2.11. The molecule has 0 aromatic carbocycles. The number of carbonyl (C=O) groups is 2. The van der Waals surface area contributed by atoms with Crippen LogP contribution in [-0.4, -0.2) is 36.8 Å². The fourth-order valence-electron chi connectivity index (χ4n) is 2.66. The molecular formula is C18H28N2O4. The van der Waals surface area contributed by atoms with E-state index < -0.39 is 11.9 Å². The number of hydrogen-bond donors (Lipinski definition) is 0.